The number of amides is 1. The van der Waals surface area contributed by atoms with Gasteiger partial charge in [-0.25, -0.2) is 4.79 Å². The van der Waals surface area contributed by atoms with Gasteiger partial charge in [0.25, 0.3) is 0 Å². The van der Waals surface area contributed by atoms with E-state index in [9.17, 15) is 9.59 Å². The number of aryl methyl sites for hydroxylation is 1. The first-order chi connectivity index (χ1) is 10.7. The lowest BCUT2D eigenvalue weighted by Crippen LogP contribution is -2.24. The first-order valence-corrected chi connectivity index (χ1v) is 7.14. The van der Waals surface area contributed by atoms with Crippen LogP contribution >= 0.6 is 0 Å². The zero-order chi connectivity index (χ0) is 15.5. The Balaban J connectivity index is 1.78. The summed E-state index contributed by atoms with van der Waals surface area (Å²) in [4.78, 5) is 23.9. The SMILES string of the molecule is CCc1ccc(NC(=O)Cn2c(=O)oc3ccccc32)cc1. The molecule has 0 aliphatic carbocycles. The van der Waals surface area contributed by atoms with Gasteiger partial charge in [-0.1, -0.05) is 31.2 Å². The molecule has 0 saturated heterocycles. The van der Waals surface area contributed by atoms with Crippen LogP contribution in [0.3, 0.4) is 0 Å². The second-order valence-electron chi connectivity index (χ2n) is 5.02. The molecule has 22 heavy (non-hydrogen) atoms. The average molecular weight is 296 g/mol. The molecule has 0 atom stereocenters. The minimum absolute atomic E-state index is 0.0780. The van der Waals surface area contributed by atoms with Gasteiger partial charge >= 0.3 is 5.76 Å². The van der Waals surface area contributed by atoms with Crippen LogP contribution in [0.25, 0.3) is 11.1 Å². The Morgan fingerprint density at radius 1 is 1.14 bits per heavy atom. The molecule has 0 radical (unpaired) electrons. The lowest BCUT2D eigenvalue weighted by Gasteiger charge is -2.06. The van der Waals surface area contributed by atoms with E-state index in [1.165, 1.54) is 10.1 Å². The van der Waals surface area contributed by atoms with E-state index >= 15 is 0 Å². The van der Waals surface area contributed by atoms with E-state index in [4.69, 9.17) is 4.42 Å². The van der Waals surface area contributed by atoms with Crippen LogP contribution in [-0.4, -0.2) is 10.5 Å². The predicted molar refractivity (Wildman–Crippen MR) is 84.9 cm³/mol. The lowest BCUT2D eigenvalue weighted by molar-refractivity contribution is -0.116. The summed E-state index contributed by atoms with van der Waals surface area (Å²) >= 11 is 0. The fraction of sp³-hybridized carbons (Fsp3) is 0.176. The number of hydrogen-bond acceptors (Lipinski definition) is 3. The van der Waals surface area contributed by atoms with Crippen molar-refractivity contribution in [2.24, 2.45) is 0 Å². The highest BCUT2D eigenvalue weighted by Crippen LogP contribution is 2.13. The molecule has 5 heteroatoms. The topological polar surface area (TPSA) is 64.2 Å². The van der Waals surface area contributed by atoms with Crippen LogP contribution < -0.4 is 11.1 Å². The smallest absolute Gasteiger partial charge is 0.408 e. The number of hydrogen-bond donors (Lipinski definition) is 1. The number of aromatic nitrogens is 1. The molecule has 1 aromatic heterocycles. The summed E-state index contributed by atoms with van der Waals surface area (Å²) < 4.78 is 6.43. The number of anilines is 1. The first kappa shape index (κ1) is 14.1. The van der Waals surface area contributed by atoms with Crippen molar-refractivity contribution in [3.8, 4) is 0 Å². The largest absolute Gasteiger partial charge is 0.420 e. The van der Waals surface area contributed by atoms with Crippen molar-refractivity contribution in [3.63, 3.8) is 0 Å². The maximum Gasteiger partial charge on any atom is 0.420 e. The first-order valence-electron chi connectivity index (χ1n) is 7.14. The van der Waals surface area contributed by atoms with Crippen LogP contribution in [0.2, 0.25) is 0 Å². The molecule has 0 aliphatic heterocycles. The highest BCUT2D eigenvalue weighted by Gasteiger charge is 2.12. The Hall–Kier alpha value is -2.82. The lowest BCUT2D eigenvalue weighted by atomic mass is 10.1. The van der Waals surface area contributed by atoms with Crippen molar-refractivity contribution in [2.75, 3.05) is 5.32 Å². The van der Waals surface area contributed by atoms with Crippen LogP contribution in [0.15, 0.2) is 57.7 Å². The number of oxazole rings is 1. The molecule has 3 aromatic rings. The van der Waals surface area contributed by atoms with E-state index in [-0.39, 0.29) is 12.5 Å². The van der Waals surface area contributed by atoms with Gasteiger partial charge in [-0.05, 0) is 36.2 Å². The fourth-order valence-corrected chi connectivity index (χ4v) is 2.33. The molecule has 0 spiro atoms. The molecular formula is C17H16N2O3. The third-order valence-electron chi connectivity index (χ3n) is 3.52. The van der Waals surface area contributed by atoms with E-state index in [1.54, 1.807) is 24.3 Å². The monoisotopic (exact) mass is 296 g/mol. The molecule has 0 saturated carbocycles. The van der Waals surface area contributed by atoms with Crippen molar-refractivity contribution in [1.29, 1.82) is 0 Å². The predicted octanol–water partition coefficient (Wildman–Crippen LogP) is 2.80. The second-order valence-corrected chi connectivity index (χ2v) is 5.02. The highest BCUT2D eigenvalue weighted by atomic mass is 16.4. The van der Waals surface area contributed by atoms with Gasteiger partial charge < -0.3 is 9.73 Å². The quantitative estimate of drug-likeness (QED) is 0.805. The Morgan fingerprint density at radius 3 is 2.59 bits per heavy atom. The Morgan fingerprint density at radius 2 is 1.86 bits per heavy atom. The van der Waals surface area contributed by atoms with Crippen molar-refractivity contribution < 1.29 is 9.21 Å². The molecule has 1 heterocycles. The maximum atomic E-state index is 12.1. The molecule has 0 fully saturated rings. The summed E-state index contributed by atoms with van der Waals surface area (Å²) in [5.74, 6) is -0.796. The third kappa shape index (κ3) is 2.79. The van der Waals surface area contributed by atoms with Gasteiger partial charge in [-0.3, -0.25) is 9.36 Å². The number of carbonyl (C=O) groups is 1. The maximum absolute atomic E-state index is 12.1. The van der Waals surface area contributed by atoms with Gasteiger partial charge in [0.15, 0.2) is 5.58 Å². The van der Waals surface area contributed by atoms with E-state index in [0.717, 1.165) is 6.42 Å². The van der Waals surface area contributed by atoms with Gasteiger partial charge in [-0.15, -0.1) is 0 Å². The van der Waals surface area contributed by atoms with Crippen LogP contribution in [0.1, 0.15) is 12.5 Å². The van der Waals surface area contributed by atoms with Gasteiger partial charge in [0.05, 0.1) is 5.52 Å². The number of nitrogens with zero attached hydrogens (tertiary/aromatic N) is 1. The molecule has 0 bridgehead atoms. The summed E-state index contributed by atoms with van der Waals surface area (Å²) in [6.07, 6.45) is 0.949. The summed E-state index contributed by atoms with van der Waals surface area (Å²) in [5.41, 5.74) is 3.01. The van der Waals surface area contributed by atoms with Crippen LogP contribution in [0.4, 0.5) is 5.69 Å². The number of para-hydroxylation sites is 2. The van der Waals surface area contributed by atoms with E-state index < -0.39 is 5.76 Å². The van der Waals surface area contributed by atoms with E-state index in [0.29, 0.717) is 16.8 Å². The Bertz CT molecular complexity index is 859. The van der Waals surface area contributed by atoms with Crippen molar-refractivity contribution in [2.45, 2.75) is 19.9 Å². The van der Waals surface area contributed by atoms with Crippen molar-refractivity contribution in [1.82, 2.24) is 4.57 Å². The van der Waals surface area contributed by atoms with Crippen LogP contribution in [0.5, 0.6) is 0 Å². The molecule has 3 rings (SSSR count). The number of nitrogens with one attached hydrogen (secondary N) is 1. The molecule has 0 aliphatic rings. The minimum Gasteiger partial charge on any atom is -0.408 e. The molecule has 1 N–H and O–H groups in total. The minimum atomic E-state index is -0.530. The van der Waals surface area contributed by atoms with E-state index in [1.807, 2.05) is 24.3 Å². The third-order valence-corrected chi connectivity index (χ3v) is 3.52. The summed E-state index contributed by atoms with van der Waals surface area (Å²) in [6.45, 7) is 2.00. The summed E-state index contributed by atoms with van der Waals surface area (Å²) in [6, 6.07) is 14.7. The highest BCUT2D eigenvalue weighted by molar-refractivity contribution is 5.91. The molecular weight excluding hydrogens is 280 g/mol. The van der Waals surface area contributed by atoms with Gasteiger partial charge in [0, 0.05) is 5.69 Å². The number of fused-ring (bicyclic) bond motifs is 1. The fourth-order valence-electron chi connectivity index (χ4n) is 2.33. The molecule has 5 nitrogen and oxygen atoms in total. The average Bonchev–Trinajstić information content (AvgIpc) is 2.84. The van der Waals surface area contributed by atoms with Crippen LogP contribution in [-0.2, 0) is 17.8 Å². The van der Waals surface area contributed by atoms with Gasteiger partial charge in [0.2, 0.25) is 5.91 Å². The van der Waals surface area contributed by atoms with Gasteiger partial charge in [0.1, 0.15) is 6.54 Å². The zero-order valence-electron chi connectivity index (χ0n) is 12.2. The molecule has 112 valence electrons. The van der Waals surface area contributed by atoms with E-state index in [2.05, 4.69) is 12.2 Å². The summed E-state index contributed by atoms with van der Waals surface area (Å²) in [5, 5.41) is 2.78. The molecule has 1 amide bonds. The standard InChI is InChI=1S/C17H16N2O3/c1-2-12-7-9-13(10-8-12)18-16(20)11-19-14-5-3-4-6-15(14)22-17(19)21/h3-10H,2,11H2,1H3,(H,18,20). The zero-order valence-corrected chi connectivity index (χ0v) is 12.2. The summed E-state index contributed by atoms with van der Waals surface area (Å²) in [7, 11) is 0. The number of rotatable bonds is 4. The second kappa shape index (κ2) is 5.89. The Labute approximate surface area is 127 Å². The van der Waals surface area contributed by atoms with Gasteiger partial charge in [-0.2, -0.15) is 0 Å². The van der Waals surface area contributed by atoms with Crippen molar-refractivity contribution >= 4 is 22.7 Å². The molecule has 2 aromatic carbocycles. The normalized spacial score (nSPS) is 10.8. The van der Waals surface area contributed by atoms with Crippen LogP contribution in [0, 0.1) is 0 Å². The number of carbonyl (C=O) groups excluding carboxylic acids is 1. The molecule has 0 unspecified atom stereocenters. The Kier molecular flexibility index (Phi) is 3.78. The van der Waals surface area contributed by atoms with Crippen molar-refractivity contribution in [3.05, 3.63) is 64.6 Å². The number of benzene rings is 2.